The first kappa shape index (κ1) is 20.5. The molecule has 2 aromatic heterocycles. The van der Waals surface area contributed by atoms with Gasteiger partial charge in [0.1, 0.15) is 11.5 Å². The topological polar surface area (TPSA) is 68.1 Å². The highest BCUT2D eigenvalue weighted by atomic mass is 32.1. The van der Waals surface area contributed by atoms with Gasteiger partial charge in [-0.05, 0) is 44.0 Å². The average Bonchev–Trinajstić information content (AvgIpc) is 3.24. The number of amides is 1. The monoisotopic (exact) mass is 448 g/mol. The Labute approximate surface area is 188 Å². The van der Waals surface area contributed by atoms with E-state index < -0.39 is 17.2 Å². The molecule has 8 heteroatoms. The highest BCUT2D eigenvalue weighted by Crippen LogP contribution is 2.33. The summed E-state index contributed by atoms with van der Waals surface area (Å²) in [5.41, 5.74) is 0.975. The number of piperidine rings is 1. The van der Waals surface area contributed by atoms with Crippen molar-refractivity contribution in [1.29, 1.82) is 0 Å². The van der Waals surface area contributed by atoms with E-state index in [1.54, 1.807) is 41.4 Å². The first-order valence-corrected chi connectivity index (χ1v) is 11.3. The van der Waals surface area contributed by atoms with Gasteiger partial charge in [-0.25, -0.2) is 14.1 Å². The van der Waals surface area contributed by atoms with Crippen LogP contribution < -0.4 is 5.43 Å². The summed E-state index contributed by atoms with van der Waals surface area (Å²) in [5, 5.41) is 5.27. The number of carbonyl (C=O) groups is 1. The largest absolute Gasteiger partial charge is 0.336 e. The standard InChI is InChI=1S/C24H21FN4O2S/c1-15-13-20(30)22(27-29(15)19-10-4-2-8-17(19)25)24(31)28-12-6-7-16(14-28)23-26-18-9-3-5-11-21(18)32-23/h2-5,8-11,13,16H,6-7,12,14H2,1H3. The third kappa shape index (κ3) is 3.71. The Morgan fingerprint density at radius 2 is 1.94 bits per heavy atom. The predicted octanol–water partition coefficient (Wildman–Crippen LogP) is 4.31. The van der Waals surface area contributed by atoms with Crippen LogP contribution in [0.3, 0.4) is 0 Å². The van der Waals surface area contributed by atoms with Crippen molar-refractivity contribution in [2.75, 3.05) is 13.1 Å². The fourth-order valence-electron chi connectivity index (χ4n) is 4.14. The Balaban J connectivity index is 1.45. The first-order chi connectivity index (χ1) is 15.5. The number of nitrogens with zero attached hydrogens (tertiary/aromatic N) is 4. The molecule has 32 heavy (non-hydrogen) atoms. The van der Waals surface area contributed by atoms with Crippen LogP contribution in [0.25, 0.3) is 15.9 Å². The van der Waals surface area contributed by atoms with E-state index in [9.17, 15) is 14.0 Å². The second kappa shape index (κ2) is 8.27. The molecular formula is C24H21FN4O2S. The summed E-state index contributed by atoms with van der Waals surface area (Å²) >= 11 is 1.65. The van der Waals surface area contributed by atoms with Gasteiger partial charge in [-0.1, -0.05) is 24.3 Å². The van der Waals surface area contributed by atoms with Crippen LogP contribution >= 0.6 is 11.3 Å². The number of carbonyl (C=O) groups excluding carboxylic acids is 1. The number of thiazole rings is 1. The lowest BCUT2D eigenvalue weighted by atomic mass is 9.98. The predicted molar refractivity (Wildman–Crippen MR) is 122 cm³/mol. The average molecular weight is 449 g/mol. The van der Waals surface area contributed by atoms with Gasteiger partial charge in [-0.2, -0.15) is 5.10 Å². The molecule has 3 heterocycles. The number of para-hydroxylation sites is 2. The van der Waals surface area contributed by atoms with Gasteiger partial charge in [-0.15, -0.1) is 11.3 Å². The highest BCUT2D eigenvalue weighted by molar-refractivity contribution is 7.18. The van der Waals surface area contributed by atoms with Crippen LogP contribution in [0, 0.1) is 12.7 Å². The quantitative estimate of drug-likeness (QED) is 0.468. The summed E-state index contributed by atoms with van der Waals surface area (Å²) in [6.07, 6.45) is 1.75. The Bertz CT molecular complexity index is 1350. The molecule has 1 unspecified atom stereocenters. The highest BCUT2D eigenvalue weighted by Gasteiger charge is 2.30. The third-order valence-corrected chi connectivity index (χ3v) is 6.96. The zero-order chi connectivity index (χ0) is 22.2. The Kier molecular flexibility index (Phi) is 5.30. The molecule has 0 N–H and O–H groups in total. The second-order valence-electron chi connectivity index (χ2n) is 7.97. The van der Waals surface area contributed by atoms with Crippen molar-refractivity contribution in [2.24, 2.45) is 0 Å². The summed E-state index contributed by atoms with van der Waals surface area (Å²) in [5.74, 6) is -0.783. The molecule has 0 bridgehead atoms. The van der Waals surface area contributed by atoms with Gasteiger partial charge in [0.05, 0.1) is 15.2 Å². The zero-order valence-electron chi connectivity index (χ0n) is 17.5. The minimum absolute atomic E-state index is 0.115. The van der Waals surface area contributed by atoms with E-state index >= 15 is 0 Å². The molecule has 1 atom stereocenters. The van der Waals surface area contributed by atoms with Crippen LogP contribution in [0.4, 0.5) is 4.39 Å². The lowest BCUT2D eigenvalue weighted by Crippen LogP contribution is -2.42. The summed E-state index contributed by atoms with van der Waals surface area (Å²) in [7, 11) is 0. The van der Waals surface area contributed by atoms with Crippen molar-refractivity contribution in [3.05, 3.63) is 87.0 Å². The lowest BCUT2D eigenvalue weighted by molar-refractivity contribution is 0.0697. The Hall–Kier alpha value is -3.39. The number of rotatable bonds is 3. The molecule has 4 aromatic rings. The van der Waals surface area contributed by atoms with Crippen molar-refractivity contribution in [3.63, 3.8) is 0 Å². The van der Waals surface area contributed by atoms with Crippen LogP contribution in [0.15, 0.2) is 59.4 Å². The molecule has 1 aliphatic heterocycles. The number of hydrogen-bond donors (Lipinski definition) is 0. The number of fused-ring (bicyclic) bond motifs is 1. The number of likely N-dealkylation sites (tertiary alicyclic amines) is 1. The van der Waals surface area contributed by atoms with Gasteiger partial charge in [0.2, 0.25) is 5.43 Å². The second-order valence-corrected chi connectivity index (χ2v) is 9.03. The Morgan fingerprint density at radius 1 is 1.16 bits per heavy atom. The van der Waals surface area contributed by atoms with E-state index in [0.29, 0.717) is 18.8 Å². The van der Waals surface area contributed by atoms with E-state index in [4.69, 9.17) is 4.98 Å². The summed E-state index contributed by atoms with van der Waals surface area (Å²) in [4.78, 5) is 32.3. The van der Waals surface area contributed by atoms with Gasteiger partial charge in [0, 0.05) is 30.8 Å². The first-order valence-electron chi connectivity index (χ1n) is 10.5. The number of hydrogen-bond acceptors (Lipinski definition) is 5. The van der Waals surface area contributed by atoms with Gasteiger partial charge in [0.25, 0.3) is 5.91 Å². The molecule has 0 saturated carbocycles. The maximum Gasteiger partial charge on any atom is 0.278 e. The maximum absolute atomic E-state index is 14.3. The van der Waals surface area contributed by atoms with Crippen molar-refractivity contribution >= 4 is 27.5 Å². The summed E-state index contributed by atoms with van der Waals surface area (Å²) in [6.45, 7) is 2.70. The normalized spacial score (nSPS) is 16.4. The number of halogens is 1. The van der Waals surface area contributed by atoms with Crippen LogP contribution in [0.5, 0.6) is 0 Å². The van der Waals surface area contributed by atoms with Crippen molar-refractivity contribution in [3.8, 4) is 5.69 Å². The van der Waals surface area contributed by atoms with Crippen LogP contribution in [0.1, 0.15) is 39.9 Å². The van der Waals surface area contributed by atoms with E-state index in [-0.39, 0.29) is 17.3 Å². The van der Waals surface area contributed by atoms with Crippen molar-refractivity contribution < 1.29 is 9.18 Å². The zero-order valence-corrected chi connectivity index (χ0v) is 18.3. The van der Waals surface area contributed by atoms with Crippen LogP contribution in [-0.4, -0.2) is 38.7 Å². The third-order valence-electron chi connectivity index (χ3n) is 5.76. The molecule has 5 rings (SSSR count). The van der Waals surface area contributed by atoms with E-state index in [2.05, 4.69) is 5.10 Å². The molecule has 6 nitrogen and oxygen atoms in total. The number of aryl methyl sites for hydroxylation is 1. The molecular weight excluding hydrogens is 427 g/mol. The summed E-state index contributed by atoms with van der Waals surface area (Å²) < 4.78 is 16.8. The summed E-state index contributed by atoms with van der Waals surface area (Å²) in [6, 6.07) is 15.5. The smallest absolute Gasteiger partial charge is 0.278 e. The van der Waals surface area contributed by atoms with E-state index in [0.717, 1.165) is 28.1 Å². The van der Waals surface area contributed by atoms with E-state index in [1.165, 1.54) is 16.8 Å². The van der Waals surface area contributed by atoms with E-state index in [1.807, 2.05) is 24.3 Å². The molecule has 0 radical (unpaired) electrons. The minimum atomic E-state index is -0.473. The number of benzene rings is 2. The van der Waals surface area contributed by atoms with Crippen molar-refractivity contribution in [2.45, 2.75) is 25.7 Å². The molecule has 162 valence electrons. The number of aromatic nitrogens is 3. The molecule has 1 fully saturated rings. The van der Waals surface area contributed by atoms with Gasteiger partial charge in [-0.3, -0.25) is 9.59 Å². The Morgan fingerprint density at radius 3 is 2.75 bits per heavy atom. The fourth-order valence-corrected chi connectivity index (χ4v) is 5.23. The van der Waals surface area contributed by atoms with Crippen LogP contribution in [0.2, 0.25) is 0 Å². The maximum atomic E-state index is 14.3. The molecule has 1 saturated heterocycles. The molecule has 1 amide bonds. The van der Waals surface area contributed by atoms with Crippen LogP contribution in [-0.2, 0) is 0 Å². The van der Waals surface area contributed by atoms with Gasteiger partial charge < -0.3 is 4.90 Å². The molecule has 2 aromatic carbocycles. The fraction of sp³-hybridized carbons (Fsp3) is 0.250. The molecule has 0 spiro atoms. The van der Waals surface area contributed by atoms with Gasteiger partial charge in [0.15, 0.2) is 5.69 Å². The molecule has 1 aliphatic rings. The lowest BCUT2D eigenvalue weighted by Gasteiger charge is -2.31. The SMILES string of the molecule is Cc1cc(=O)c(C(=O)N2CCCC(c3nc4ccccc4s3)C2)nn1-c1ccccc1F. The minimum Gasteiger partial charge on any atom is -0.336 e. The van der Waals surface area contributed by atoms with Gasteiger partial charge >= 0.3 is 0 Å². The van der Waals surface area contributed by atoms with Crippen molar-refractivity contribution in [1.82, 2.24) is 19.7 Å². The molecule has 0 aliphatic carbocycles.